The third-order valence-electron chi connectivity index (χ3n) is 5.56. The first-order valence-electron chi connectivity index (χ1n) is 10.4. The number of nitrogens with one attached hydrogen (secondary N) is 1. The summed E-state index contributed by atoms with van der Waals surface area (Å²) < 4.78 is 19.0. The van der Waals surface area contributed by atoms with Crippen molar-refractivity contribution in [3.8, 4) is 17.0 Å². The van der Waals surface area contributed by atoms with E-state index < -0.39 is 0 Å². The maximum atomic E-state index is 13.8. The summed E-state index contributed by atoms with van der Waals surface area (Å²) in [7, 11) is 1.63. The average Bonchev–Trinajstić information content (AvgIpc) is 2.83. The molecule has 0 saturated carbocycles. The first-order chi connectivity index (χ1) is 15.1. The molecule has 1 amide bonds. The summed E-state index contributed by atoms with van der Waals surface area (Å²) in [5, 5.41) is 11.6. The van der Waals surface area contributed by atoms with Crippen LogP contribution in [0.4, 0.5) is 10.2 Å². The summed E-state index contributed by atoms with van der Waals surface area (Å²) in [5.41, 5.74) is 2.23. The van der Waals surface area contributed by atoms with E-state index in [0.717, 1.165) is 42.2 Å². The molecular formula is C24H25FN4O2. The number of anilines is 1. The zero-order valence-corrected chi connectivity index (χ0v) is 17.4. The van der Waals surface area contributed by atoms with Crippen LogP contribution in [0.5, 0.6) is 5.75 Å². The molecule has 1 aliphatic rings. The Morgan fingerprint density at radius 1 is 1.13 bits per heavy atom. The third kappa shape index (κ3) is 4.99. The minimum atomic E-state index is -0.305. The van der Waals surface area contributed by atoms with Gasteiger partial charge in [0.25, 0.3) is 0 Å². The van der Waals surface area contributed by atoms with Gasteiger partial charge >= 0.3 is 0 Å². The molecule has 1 unspecified atom stereocenters. The number of hydrogen-bond acceptors (Lipinski definition) is 5. The fourth-order valence-electron chi connectivity index (χ4n) is 3.78. The van der Waals surface area contributed by atoms with Crippen LogP contribution in [0.25, 0.3) is 11.3 Å². The van der Waals surface area contributed by atoms with E-state index in [1.807, 2.05) is 36.4 Å². The minimum absolute atomic E-state index is 0.0595. The van der Waals surface area contributed by atoms with Gasteiger partial charge in [-0.25, -0.2) is 4.39 Å². The van der Waals surface area contributed by atoms with Crippen molar-refractivity contribution in [3.63, 3.8) is 0 Å². The molecule has 3 aromatic rings. The average molecular weight is 420 g/mol. The van der Waals surface area contributed by atoms with Gasteiger partial charge in [0, 0.05) is 30.8 Å². The summed E-state index contributed by atoms with van der Waals surface area (Å²) in [4.78, 5) is 14.7. The van der Waals surface area contributed by atoms with Crippen LogP contribution in [0.15, 0.2) is 60.7 Å². The van der Waals surface area contributed by atoms with Gasteiger partial charge in [0.15, 0.2) is 5.82 Å². The number of ether oxygens (including phenoxy) is 1. The number of piperidine rings is 1. The largest absolute Gasteiger partial charge is 0.497 e. The molecule has 1 atom stereocenters. The Morgan fingerprint density at radius 2 is 1.94 bits per heavy atom. The van der Waals surface area contributed by atoms with E-state index in [4.69, 9.17) is 4.74 Å². The normalized spacial score (nSPS) is 16.1. The van der Waals surface area contributed by atoms with Gasteiger partial charge in [-0.3, -0.25) is 4.79 Å². The predicted octanol–water partition coefficient (Wildman–Crippen LogP) is 3.82. The Balaban J connectivity index is 1.37. The molecular weight excluding hydrogens is 395 g/mol. The molecule has 160 valence electrons. The van der Waals surface area contributed by atoms with E-state index in [-0.39, 0.29) is 24.2 Å². The molecule has 1 aromatic heterocycles. The van der Waals surface area contributed by atoms with Crippen LogP contribution in [0.2, 0.25) is 0 Å². The smallest absolute Gasteiger partial charge is 0.225 e. The fraction of sp³-hybridized carbons (Fsp3) is 0.292. The highest BCUT2D eigenvalue weighted by Gasteiger charge is 2.26. The van der Waals surface area contributed by atoms with E-state index in [2.05, 4.69) is 20.4 Å². The zero-order valence-electron chi connectivity index (χ0n) is 17.4. The molecule has 7 heteroatoms. The molecule has 4 rings (SSSR count). The molecule has 31 heavy (non-hydrogen) atoms. The SMILES string of the molecule is COc1ccc(-c2ccc(N3CCCC(C(=O)NCc4ccccc4F)C3)nn2)cc1. The van der Waals surface area contributed by atoms with Crippen LogP contribution in [0.3, 0.4) is 0 Å². The maximum absolute atomic E-state index is 13.8. The number of carbonyl (C=O) groups is 1. The van der Waals surface area contributed by atoms with Crippen molar-refractivity contribution >= 4 is 11.7 Å². The third-order valence-corrected chi connectivity index (χ3v) is 5.56. The summed E-state index contributed by atoms with van der Waals surface area (Å²) in [5.74, 6) is 1.02. The van der Waals surface area contributed by atoms with Crippen molar-refractivity contribution in [1.82, 2.24) is 15.5 Å². The molecule has 1 fully saturated rings. The monoisotopic (exact) mass is 420 g/mol. The van der Waals surface area contributed by atoms with E-state index in [1.54, 1.807) is 25.3 Å². The standard InChI is InChI=1S/C24H25FN4O2/c1-31-20-10-8-17(9-11-20)22-12-13-23(28-27-22)29-14-4-6-19(16-29)24(30)26-15-18-5-2-3-7-21(18)25/h2-3,5,7-13,19H,4,6,14-16H2,1H3,(H,26,30). The number of nitrogens with zero attached hydrogens (tertiary/aromatic N) is 3. The lowest BCUT2D eigenvalue weighted by Crippen LogP contribution is -2.43. The van der Waals surface area contributed by atoms with Crippen molar-refractivity contribution < 1.29 is 13.9 Å². The first-order valence-corrected chi connectivity index (χ1v) is 10.4. The van der Waals surface area contributed by atoms with Crippen molar-refractivity contribution in [3.05, 3.63) is 72.0 Å². The topological polar surface area (TPSA) is 67.3 Å². The van der Waals surface area contributed by atoms with Gasteiger partial charge in [-0.1, -0.05) is 18.2 Å². The van der Waals surface area contributed by atoms with E-state index in [1.165, 1.54) is 6.07 Å². The van der Waals surface area contributed by atoms with Crippen LogP contribution in [-0.4, -0.2) is 36.3 Å². The van der Waals surface area contributed by atoms with Crippen LogP contribution >= 0.6 is 0 Å². The maximum Gasteiger partial charge on any atom is 0.225 e. The lowest BCUT2D eigenvalue weighted by Gasteiger charge is -2.32. The molecule has 0 aliphatic carbocycles. The van der Waals surface area contributed by atoms with Gasteiger partial charge in [-0.05, 0) is 55.3 Å². The minimum Gasteiger partial charge on any atom is -0.497 e. The van der Waals surface area contributed by atoms with E-state index in [9.17, 15) is 9.18 Å². The fourth-order valence-corrected chi connectivity index (χ4v) is 3.78. The Labute approximate surface area is 181 Å². The number of benzene rings is 2. The van der Waals surface area contributed by atoms with Gasteiger partial charge < -0.3 is 15.0 Å². The number of halogens is 1. The second-order valence-electron chi connectivity index (χ2n) is 7.60. The number of rotatable bonds is 6. The van der Waals surface area contributed by atoms with Crippen molar-refractivity contribution in [2.24, 2.45) is 5.92 Å². The summed E-state index contributed by atoms with van der Waals surface area (Å²) >= 11 is 0. The number of methoxy groups -OCH3 is 1. The highest BCUT2D eigenvalue weighted by atomic mass is 19.1. The van der Waals surface area contributed by atoms with Crippen LogP contribution in [0.1, 0.15) is 18.4 Å². The molecule has 2 aromatic carbocycles. The molecule has 0 bridgehead atoms. The lowest BCUT2D eigenvalue weighted by molar-refractivity contribution is -0.125. The molecule has 1 aliphatic heterocycles. The lowest BCUT2D eigenvalue weighted by atomic mass is 9.97. The van der Waals surface area contributed by atoms with Gasteiger partial charge in [-0.15, -0.1) is 10.2 Å². The Hall–Kier alpha value is -3.48. The van der Waals surface area contributed by atoms with E-state index >= 15 is 0 Å². The van der Waals surface area contributed by atoms with Crippen LogP contribution in [-0.2, 0) is 11.3 Å². The molecule has 1 saturated heterocycles. The molecule has 0 radical (unpaired) electrons. The summed E-state index contributed by atoms with van der Waals surface area (Å²) in [6.45, 7) is 1.59. The van der Waals surface area contributed by atoms with Crippen LogP contribution in [0, 0.1) is 11.7 Å². The van der Waals surface area contributed by atoms with Crippen molar-refractivity contribution in [1.29, 1.82) is 0 Å². The quantitative estimate of drug-likeness (QED) is 0.657. The Bertz CT molecular complexity index is 1020. The predicted molar refractivity (Wildman–Crippen MR) is 117 cm³/mol. The molecule has 6 nitrogen and oxygen atoms in total. The molecule has 0 spiro atoms. The Kier molecular flexibility index (Phi) is 6.40. The Morgan fingerprint density at radius 3 is 2.65 bits per heavy atom. The van der Waals surface area contributed by atoms with E-state index in [0.29, 0.717) is 12.1 Å². The zero-order chi connectivity index (χ0) is 21.6. The number of aromatic nitrogens is 2. The van der Waals surface area contributed by atoms with Gasteiger partial charge in [0.1, 0.15) is 11.6 Å². The van der Waals surface area contributed by atoms with Crippen LogP contribution < -0.4 is 15.0 Å². The van der Waals surface area contributed by atoms with Crippen molar-refractivity contribution in [2.75, 3.05) is 25.1 Å². The number of amides is 1. The second kappa shape index (κ2) is 9.55. The molecule has 2 heterocycles. The summed E-state index contributed by atoms with van der Waals surface area (Å²) in [6, 6.07) is 18.0. The highest BCUT2D eigenvalue weighted by molar-refractivity contribution is 5.79. The molecule has 1 N–H and O–H groups in total. The highest BCUT2D eigenvalue weighted by Crippen LogP contribution is 2.24. The van der Waals surface area contributed by atoms with Gasteiger partial charge in [-0.2, -0.15) is 0 Å². The van der Waals surface area contributed by atoms with Gasteiger partial charge in [0.05, 0.1) is 18.7 Å². The summed E-state index contributed by atoms with van der Waals surface area (Å²) in [6.07, 6.45) is 1.69. The first kappa shape index (κ1) is 20.8. The number of hydrogen-bond donors (Lipinski definition) is 1. The number of carbonyl (C=O) groups excluding carboxylic acids is 1. The van der Waals surface area contributed by atoms with Crippen molar-refractivity contribution in [2.45, 2.75) is 19.4 Å². The van der Waals surface area contributed by atoms with Gasteiger partial charge in [0.2, 0.25) is 5.91 Å². The second-order valence-corrected chi connectivity index (χ2v) is 7.60.